The third kappa shape index (κ3) is 4.68. The molecule has 1 unspecified atom stereocenters. The number of nitrogens with zero attached hydrogens (tertiary/aromatic N) is 2. The van der Waals surface area contributed by atoms with Crippen molar-refractivity contribution in [2.75, 3.05) is 29.6 Å². The van der Waals surface area contributed by atoms with Gasteiger partial charge < -0.3 is 10.7 Å². The summed E-state index contributed by atoms with van der Waals surface area (Å²) in [6, 6.07) is 1.74. The topological polar surface area (TPSA) is 94.5 Å². The van der Waals surface area contributed by atoms with Crippen molar-refractivity contribution >= 4 is 22.5 Å². The summed E-state index contributed by atoms with van der Waals surface area (Å²) in [4.78, 5) is 3.88. The fraction of sp³-hybridized carbons (Fsp3) is 0.500. The molecule has 0 saturated carbocycles. The lowest BCUT2D eigenvalue weighted by Gasteiger charge is -2.19. The summed E-state index contributed by atoms with van der Waals surface area (Å²) in [7, 11) is 0. The number of hydrogen-bond acceptors (Lipinski definition) is 6. The number of pyridine rings is 1. The van der Waals surface area contributed by atoms with E-state index in [1.165, 1.54) is 5.01 Å². The summed E-state index contributed by atoms with van der Waals surface area (Å²) in [5.74, 6) is 6.31. The van der Waals surface area contributed by atoms with Crippen molar-refractivity contribution in [3.05, 3.63) is 18.5 Å². The maximum absolute atomic E-state index is 11.2. The van der Waals surface area contributed by atoms with Gasteiger partial charge in [0, 0.05) is 12.7 Å². The quantitative estimate of drug-likeness (QED) is 0.544. The SMILES string of the molecule is CCOS(=O)CCCN(N)c1ccncc1N. The van der Waals surface area contributed by atoms with Gasteiger partial charge in [0.05, 0.1) is 29.9 Å². The van der Waals surface area contributed by atoms with Crippen LogP contribution in [0.1, 0.15) is 13.3 Å². The highest BCUT2D eigenvalue weighted by atomic mass is 32.2. The zero-order valence-corrected chi connectivity index (χ0v) is 10.7. The van der Waals surface area contributed by atoms with E-state index in [0.29, 0.717) is 31.0 Å². The standard InChI is InChI=1S/C10H18N4O2S/c1-2-16-17(15)7-3-6-14(12)10-4-5-13-8-9(10)11/h4-5,8H,2-3,6-7,11-12H2,1H3. The van der Waals surface area contributed by atoms with E-state index in [9.17, 15) is 4.21 Å². The Morgan fingerprint density at radius 2 is 2.35 bits per heavy atom. The minimum atomic E-state index is -1.22. The molecule has 0 spiro atoms. The Kier molecular flexibility index (Phi) is 5.88. The maximum Gasteiger partial charge on any atom is 0.155 e. The van der Waals surface area contributed by atoms with Gasteiger partial charge in [-0.15, -0.1) is 0 Å². The summed E-state index contributed by atoms with van der Waals surface area (Å²) in [6.07, 6.45) is 3.85. The van der Waals surface area contributed by atoms with Crippen LogP contribution in [0.5, 0.6) is 0 Å². The van der Waals surface area contributed by atoms with Crippen molar-refractivity contribution in [1.29, 1.82) is 0 Å². The monoisotopic (exact) mass is 258 g/mol. The molecule has 0 aliphatic carbocycles. The van der Waals surface area contributed by atoms with Crippen LogP contribution in [-0.4, -0.2) is 28.1 Å². The van der Waals surface area contributed by atoms with E-state index in [0.717, 1.165) is 5.69 Å². The minimum absolute atomic E-state index is 0.455. The molecule has 1 rings (SSSR count). The van der Waals surface area contributed by atoms with E-state index in [1.54, 1.807) is 18.5 Å². The molecule has 0 fully saturated rings. The number of anilines is 2. The minimum Gasteiger partial charge on any atom is -0.396 e. The lowest BCUT2D eigenvalue weighted by atomic mass is 10.3. The van der Waals surface area contributed by atoms with Gasteiger partial charge in [0.25, 0.3) is 0 Å². The highest BCUT2D eigenvalue weighted by Gasteiger charge is 2.06. The Morgan fingerprint density at radius 3 is 3.00 bits per heavy atom. The van der Waals surface area contributed by atoms with Crippen molar-refractivity contribution in [1.82, 2.24) is 4.98 Å². The molecule has 0 amide bonds. The third-order valence-corrected chi connectivity index (χ3v) is 3.22. The van der Waals surface area contributed by atoms with Crippen LogP contribution >= 0.6 is 0 Å². The van der Waals surface area contributed by atoms with Gasteiger partial charge in [0.2, 0.25) is 0 Å². The van der Waals surface area contributed by atoms with Gasteiger partial charge in [-0.2, -0.15) is 0 Å². The van der Waals surface area contributed by atoms with E-state index >= 15 is 0 Å². The molecule has 7 heteroatoms. The molecule has 1 heterocycles. The first-order chi connectivity index (χ1) is 8.15. The predicted molar refractivity (Wildman–Crippen MR) is 69.4 cm³/mol. The van der Waals surface area contributed by atoms with E-state index in [4.69, 9.17) is 15.8 Å². The molecule has 0 aliphatic heterocycles. The van der Waals surface area contributed by atoms with Crippen LogP contribution in [0.4, 0.5) is 11.4 Å². The molecule has 0 radical (unpaired) electrons. The Balaban J connectivity index is 2.38. The van der Waals surface area contributed by atoms with Crippen molar-refractivity contribution in [3.63, 3.8) is 0 Å². The van der Waals surface area contributed by atoms with Crippen LogP contribution < -0.4 is 16.6 Å². The van der Waals surface area contributed by atoms with Crippen molar-refractivity contribution in [2.24, 2.45) is 5.84 Å². The first-order valence-corrected chi connectivity index (χ1v) is 6.63. The van der Waals surface area contributed by atoms with Crippen LogP contribution in [-0.2, 0) is 15.3 Å². The van der Waals surface area contributed by atoms with Crippen molar-refractivity contribution < 1.29 is 8.39 Å². The predicted octanol–water partition coefficient (Wildman–Crippen LogP) is 0.434. The fourth-order valence-electron chi connectivity index (χ4n) is 1.32. The van der Waals surface area contributed by atoms with Crippen LogP contribution in [0.15, 0.2) is 18.5 Å². The largest absolute Gasteiger partial charge is 0.396 e. The van der Waals surface area contributed by atoms with Crippen LogP contribution in [0, 0.1) is 0 Å². The van der Waals surface area contributed by atoms with Crippen LogP contribution in [0.2, 0.25) is 0 Å². The lowest BCUT2D eigenvalue weighted by molar-refractivity contribution is 0.371. The molecule has 6 nitrogen and oxygen atoms in total. The number of nitrogens with two attached hydrogens (primary N) is 2. The smallest absolute Gasteiger partial charge is 0.155 e. The molecule has 1 atom stereocenters. The zero-order chi connectivity index (χ0) is 12.7. The summed E-state index contributed by atoms with van der Waals surface area (Å²) >= 11 is -1.22. The molecule has 17 heavy (non-hydrogen) atoms. The number of hydrazine groups is 1. The molecule has 1 aromatic heterocycles. The van der Waals surface area contributed by atoms with E-state index in [1.807, 2.05) is 6.92 Å². The molecule has 4 N–H and O–H groups in total. The van der Waals surface area contributed by atoms with Crippen LogP contribution in [0.3, 0.4) is 0 Å². The number of nitrogen functional groups attached to an aromatic ring is 1. The summed E-state index contributed by atoms with van der Waals surface area (Å²) in [6.45, 7) is 2.83. The van der Waals surface area contributed by atoms with Crippen molar-refractivity contribution in [3.8, 4) is 0 Å². The normalized spacial score (nSPS) is 12.4. The van der Waals surface area contributed by atoms with Gasteiger partial charge in [-0.3, -0.25) is 9.17 Å². The molecule has 0 bridgehead atoms. The van der Waals surface area contributed by atoms with E-state index in [-0.39, 0.29) is 0 Å². The van der Waals surface area contributed by atoms with E-state index < -0.39 is 11.1 Å². The second kappa shape index (κ2) is 7.21. The summed E-state index contributed by atoms with van der Waals surface area (Å²) in [5.41, 5.74) is 6.98. The molecule has 0 aliphatic rings. The van der Waals surface area contributed by atoms with Gasteiger partial charge in [0.1, 0.15) is 0 Å². The second-order valence-electron chi connectivity index (χ2n) is 3.40. The Bertz CT molecular complexity index is 375. The van der Waals surface area contributed by atoms with E-state index in [2.05, 4.69) is 4.98 Å². The molecule has 1 aromatic rings. The Labute approximate surface area is 104 Å². The molecule has 0 aromatic carbocycles. The second-order valence-corrected chi connectivity index (χ2v) is 4.65. The molecular formula is C10H18N4O2S. The van der Waals surface area contributed by atoms with Crippen molar-refractivity contribution in [2.45, 2.75) is 13.3 Å². The Hall–Kier alpha value is -1.18. The molecule has 0 saturated heterocycles. The van der Waals surface area contributed by atoms with Crippen LogP contribution in [0.25, 0.3) is 0 Å². The van der Waals surface area contributed by atoms with Gasteiger partial charge in [-0.25, -0.2) is 10.1 Å². The van der Waals surface area contributed by atoms with Gasteiger partial charge in [-0.05, 0) is 19.4 Å². The zero-order valence-electron chi connectivity index (χ0n) is 9.83. The molecule has 96 valence electrons. The van der Waals surface area contributed by atoms with Gasteiger partial charge in [0.15, 0.2) is 11.1 Å². The summed E-state index contributed by atoms with van der Waals surface area (Å²) < 4.78 is 16.2. The lowest BCUT2D eigenvalue weighted by Crippen LogP contribution is -2.33. The highest BCUT2D eigenvalue weighted by Crippen LogP contribution is 2.18. The van der Waals surface area contributed by atoms with Gasteiger partial charge in [-0.1, -0.05) is 0 Å². The third-order valence-electron chi connectivity index (χ3n) is 2.10. The fourth-order valence-corrected chi connectivity index (χ4v) is 2.07. The maximum atomic E-state index is 11.2. The molecular weight excluding hydrogens is 240 g/mol. The number of rotatable bonds is 7. The first-order valence-electron chi connectivity index (χ1n) is 5.38. The average Bonchev–Trinajstić information content (AvgIpc) is 2.29. The van der Waals surface area contributed by atoms with Gasteiger partial charge >= 0.3 is 0 Å². The average molecular weight is 258 g/mol. The first kappa shape index (κ1) is 13.9. The Morgan fingerprint density at radius 1 is 1.59 bits per heavy atom. The number of aromatic nitrogens is 1. The summed E-state index contributed by atoms with van der Waals surface area (Å²) in [5, 5.41) is 1.53. The number of hydrogen-bond donors (Lipinski definition) is 2. The highest BCUT2D eigenvalue weighted by molar-refractivity contribution is 7.80.